The minimum absolute atomic E-state index is 0.0498. The van der Waals surface area contributed by atoms with Crippen molar-refractivity contribution in [2.24, 2.45) is 5.73 Å². The van der Waals surface area contributed by atoms with Crippen LogP contribution in [0, 0.1) is 0 Å². The highest BCUT2D eigenvalue weighted by Crippen LogP contribution is 2.12. The maximum atomic E-state index is 11.0. The lowest BCUT2D eigenvalue weighted by molar-refractivity contribution is -0.135. The Morgan fingerprint density at radius 3 is 2.22 bits per heavy atom. The van der Waals surface area contributed by atoms with E-state index in [0.29, 0.717) is 12.1 Å². The number of amides is 1. The van der Waals surface area contributed by atoms with Gasteiger partial charge in [-0.3, -0.25) is 14.3 Å². The number of ketones is 1. The van der Waals surface area contributed by atoms with Crippen LogP contribution in [0.3, 0.4) is 0 Å². The predicted molar refractivity (Wildman–Crippen MR) is 67.4 cm³/mol. The second-order valence-corrected chi connectivity index (χ2v) is 5.61. The summed E-state index contributed by atoms with van der Waals surface area (Å²) in [6, 6.07) is 6.54. The molecule has 0 aliphatic rings. The van der Waals surface area contributed by atoms with Gasteiger partial charge in [0.15, 0.2) is 0 Å². The number of nitrogens with one attached hydrogen (secondary N) is 1. The van der Waals surface area contributed by atoms with Crippen LogP contribution in [-0.2, 0) is 26.0 Å². The molecule has 1 rings (SSSR count). The molecule has 0 saturated carbocycles. The lowest BCUT2D eigenvalue weighted by atomic mass is 10.1. The molecule has 1 aromatic rings. The summed E-state index contributed by atoms with van der Waals surface area (Å²) in [6.07, 6.45) is 1.50. The summed E-state index contributed by atoms with van der Waals surface area (Å²) in [5, 5.41) is 0. The average Bonchev–Trinajstić information content (AvgIpc) is 2.25. The third-order valence-electron chi connectivity index (χ3n) is 2.17. The van der Waals surface area contributed by atoms with Crippen LogP contribution in [0.5, 0.6) is 0 Å². The number of carbonyl (C=O) groups excluding carboxylic acids is 2. The van der Waals surface area contributed by atoms with Crippen LogP contribution in [0.4, 0.5) is 5.69 Å². The fourth-order valence-electron chi connectivity index (χ4n) is 1.33. The molecule has 0 aliphatic heterocycles. The zero-order valence-corrected chi connectivity index (χ0v) is 10.7. The number of Topliss-reactive ketones (excluding diaryl/α,β-unsaturated/α-hetero) is 1. The molecule has 0 radical (unpaired) electrons. The van der Waals surface area contributed by atoms with Crippen LogP contribution in [0.15, 0.2) is 24.3 Å². The van der Waals surface area contributed by atoms with Crippen LogP contribution in [-0.4, -0.2) is 26.4 Å². The molecule has 0 heterocycles. The first-order chi connectivity index (χ1) is 8.28. The first-order valence-corrected chi connectivity index (χ1v) is 7.06. The van der Waals surface area contributed by atoms with Gasteiger partial charge in [0.2, 0.25) is 15.8 Å². The van der Waals surface area contributed by atoms with Gasteiger partial charge in [-0.2, -0.15) is 0 Å². The molecule has 0 bridgehead atoms. The van der Waals surface area contributed by atoms with Crippen LogP contribution < -0.4 is 10.5 Å². The molecular weight excluding hydrogens is 256 g/mol. The van der Waals surface area contributed by atoms with Crippen molar-refractivity contribution in [1.82, 2.24) is 0 Å². The lowest BCUT2D eigenvalue weighted by Crippen LogP contribution is -2.23. The number of primary amides is 1. The smallest absolute Gasteiger partial charge is 0.284 e. The van der Waals surface area contributed by atoms with Gasteiger partial charge in [0, 0.05) is 12.1 Å². The first-order valence-electron chi connectivity index (χ1n) is 5.17. The number of benzene rings is 1. The summed E-state index contributed by atoms with van der Waals surface area (Å²) >= 11 is 0. The van der Waals surface area contributed by atoms with E-state index in [0.717, 1.165) is 11.8 Å². The highest BCUT2D eigenvalue weighted by atomic mass is 32.2. The summed E-state index contributed by atoms with van der Waals surface area (Å²) in [5.74, 6) is -1.56. The maximum absolute atomic E-state index is 11.0. The summed E-state index contributed by atoms with van der Waals surface area (Å²) in [6.45, 7) is 0. The number of hydrogen-bond acceptors (Lipinski definition) is 4. The molecular formula is C11H14N2O4S. The molecule has 0 aliphatic carbocycles. The van der Waals surface area contributed by atoms with Crippen LogP contribution in [0.25, 0.3) is 0 Å². The third-order valence-corrected chi connectivity index (χ3v) is 2.78. The van der Waals surface area contributed by atoms with Crippen LogP contribution >= 0.6 is 0 Å². The van der Waals surface area contributed by atoms with Gasteiger partial charge in [0.25, 0.3) is 5.91 Å². The van der Waals surface area contributed by atoms with E-state index in [9.17, 15) is 18.0 Å². The highest BCUT2D eigenvalue weighted by Gasteiger charge is 2.08. The van der Waals surface area contributed by atoms with Gasteiger partial charge in [-0.1, -0.05) is 12.1 Å². The summed E-state index contributed by atoms with van der Waals surface area (Å²) < 4.78 is 24.3. The van der Waals surface area contributed by atoms with Gasteiger partial charge in [-0.05, 0) is 24.1 Å². The largest absolute Gasteiger partial charge is 0.363 e. The number of anilines is 1. The molecule has 1 aromatic carbocycles. The van der Waals surface area contributed by atoms with E-state index in [4.69, 9.17) is 5.73 Å². The molecule has 18 heavy (non-hydrogen) atoms. The minimum atomic E-state index is -3.29. The zero-order chi connectivity index (χ0) is 13.8. The zero-order valence-electron chi connectivity index (χ0n) is 9.84. The van der Waals surface area contributed by atoms with Gasteiger partial charge in [-0.15, -0.1) is 0 Å². The van der Waals surface area contributed by atoms with Crippen molar-refractivity contribution in [1.29, 1.82) is 0 Å². The molecule has 98 valence electrons. The first kappa shape index (κ1) is 14.2. The Morgan fingerprint density at radius 1 is 1.22 bits per heavy atom. The Bertz CT molecular complexity index is 549. The number of rotatable bonds is 6. The van der Waals surface area contributed by atoms with E-state index in [1.54, 1.807) is 24.3 Å². The van der Waals surface area contributed by atoms with Crippen molar-refractivity contribution in [3.8, 4) is 0 Å². The maximum Gasteiger partial charge on any atom is 0.284 e. The molecule has 0 unspecified atom stereocenters. The molecule has 0 spiro atoms. The normalized spacial score (nSPS) is 10.9. The second kappa shape index (κ2) is 5.63. The monoisotopic (exact) mass is 270 g/mol. The second-order valence-electron chi connectivity index (χ2n) is 3.86. The van der Waals surface area contributed by atoms with E-state index < -0.39 is 21.7 Å². The molecule has 0 aromatic heterocycles. The molecule has 6 nitrogen and oxygen atoms in total. The topological polar surface area (TPSA) is 106 Å². The van der Waals surface area contributed by atoms with E-state index in [1.165, 1.54) is 0 Å². The predicted octanol–water partition coefficient (Wildman–Crippen LogP) is 0.0451. The van der Waals surface area contributed by atoms with Gasteiger partial charge in [-0.25, -0.2) is 8.42 Å². The van der Waals surface area contributed by atoms with Gasteiger partial charge < -0.3 is 5.73 Å². The van der Waals surface area contributed by atoms with E-state index in [2.05, 4.69) is 4.72 Å². The SMILES string of the molecule is CS(=O)(=O)Nc1ccc(CCC(=O)C(N)=O)cc1. The highest BCUT2D eigenvalue weighted by molar-refractivity contribution is 7.92. The Kier molecular flexibility index (Phi) is 4.43. The molecule has 0 saturated heterocycles. The molecule has 0 atom stereocenters. The van der Waals surface area contributed by atoms with Crippen LogP contribution in [0.1, 0.15) is 12.0 Å². The van der Waals surface area contributed by atoms with E-state index in [1.807, 2.05) is 0 Å². The van der Waals surface area contributed by atoms with E-state index >= 15 is 0 Å². The minimum Gasteiger partial charge on any atom is -0.363 e. The molecule has 3 N–H and O–H groups in total. The summed E-state index contributed by atoms with van der Waals surface area (Å²) in [4.78, 5) is 21.5. The molecule has 1 amide bonds. The number of aryl methyl sites for hydroxylation is 1. The fourth-order valence-corrected chi connectivity index (χ4v) is 1.90. The van der Waals surface area contributed by atoms with Gasteiger partial charge in [0.1, 0.15) is 0 Å². The van der Waals surface area contributed by atoms with Crippen molar-refractivity contribution in [3.63, 3.8) is 0 Å². The average molecular weight is 270 g/mol. The Hall–Kier alpha value is -1.89. The quantitative estimate of drug-likeness (QED) is 0.712. The fraction of sp³-hybridized carbons (Fsp3) is 0.273. The van der Waals surface area contributed by atoms with E-state index in [-0.39, 0.29) is 6.42 Å². The molecule has 7 heteroatoms. The number of carbonyl (C=O) groups is 2. The van der Waals surface area contributed by atoms with Crippen molar-refractivity contribution >= 4 is 27.4 Å². The number of hydrogen-bond donors (Lipinski definition) is 2. The van der Waals surface area contributed by atoms with Gasteiger partial charge >= 0.3 is 0 Å². The standard InChI is InChI=1S/C11H14N2O4S/c1-18(16,17)13-9-5-2-8(3-6-9)4-7-10(14)11(12)15/h2-3,5-6,13H,4,7H2,1H3,(H2,12,15). The van der Waals surface area contributed by atoms with Crippen molar-refractivity contribution in [2.75, 3.05) is 11.0 Å². The number of sulfonamides is 1. The summed E-state index contributed by atoms with van der Waals surface area (Å²) in [7, 11) is -3.29. The van der Waals surface area contributed by atoms with Crippen molar-refractivity contribution < 1.29 is 18.0 Å². The van der Waals surface area contributed by atoms with Gasteiger partial charge in [0.05, 0.1) is 6.26 Å². The molecule has 0 fully saturated rings. The Morgan fingerprint density at radius 2 is 1.78 bits per heavy atom. The third kappa shape index (κ3) is 4.96. The lowest BCUT2D eigenvalue weighted by Gasteiger charge is -2.05. The van der Waals surface area contributed by atoms with Crippen molar-refractivity contribution in [2.45, 2.75) is 12.8 Å². The summed E-state index contributed by atoms with van der Waals surface area (Å²) in [5.41, 5.74) is 6.10. The Labute approximate surface area is 105 Å². The van der Waals surface area contributed by atoms with Crippen molar-refractivity contribution in [3.05, 3.63) is 29.8 Å². The van der Waals surface area contributed by atoms with Crippen LogP contribution in [0.2, 0.25) is 0 Å². The Balaban J connectivity index is 2.61. The number of nitrogens with two attached hydrogens (primary N) is 1.